The Balaban J connectivity index is 1.69. The molecule has 0 aromatic heterocycles. The van der Waals surface area contributed by atoms with Gasteiger partial charge in [0.25, 0.3) is 5.91 Å². The summed E-state index contributed by atoms with van der Waals surface area (Å²) < 4.78 is 10.3. The fourth-order valence-electron chi connectivity index (χ4n) is 2.04. The Labute approximate surface area is 136 Å². The van der Waals surface area contributed by atoms with E-state index in [0.29, 0.717) is 31.0 Å². The van der Waals surface area contributed by atoms with Crippen molar-refractivity contribution >= 4 is 17.7 Å². The van der Waals surface area contributed by atoms with Crippen molar-refractivity contribution in [1.29, 1.82) is 0 Å². The molecule has 1 saturated carbocycles. The third-order valence-corrected chi connectivity index (χ3v) is 3.45. The zero-order valence-corrected chi connectivity index (χ0v) is 13.5. The molecule has 2 amide bonds. The predicted octanol–water partition coefficient (Wildman–Crippen LogP) is 2.80. The van der Waals surface area contributed by atoms with Crippen LogP contribution in [0.25, 0.3) is 0 Å². The van der Waals surface area contributed by atoms with Crippen molar-refractivity contribution in [3.63, 3.8) is 0 Å². The van der Waals surface area contributed by atoms with Gasteiger partial charge in [-0.05, 0) is 50.3 Å². The average molecular weight is 320 g/mol. The lowest BCUT2D eigenvalue weighted by Gasteiger charge is -2.08. The first-order valence-electron chi connectivity index (χ1n) is 8.09. The molecule has 0 radical (unpaired) electrons. The number of amides is 2. The molecule has 1 aromatic rings. The molecular weight excluding hydrogens is 296 g/mol. The number of rotatable bonds is 9. The van der Waals surface area contributed by atoms with Crippen molar-refractivity contribution in [2.45, 2.75) is 26.2 Å². The van der Waals surface area contributed by atoms with Gasteiger partial charge in [0.15, 0.2) is 0 Å². The number of hydrogen-bond acceptors (Lipinski definition) is 4. The quantitative estimate of drug-likeness (QED) is 0.686. The number of benzene rings is 1. The van der Waals surface area contributed by atoms with Crippen molar-refractivity contribution in [2.75, 3.05) is 31.7 Å². The molecule has 1 aromatic carbocycles. The first kappa shape index (κ1) is 17.3. The van der Waals surface area contributed by atoms with Gasteiger partial charge in [0.05, 0.1) is 6.61 Å². The molecule has 2 rings (SSSR count). The van der Waals surface area contributed by atoms with Crippen molar-refractivity contribution in [3.8, 4) is 0 Å². The normalized spacial score (nSPS) is 13.4. The van der Waals surface area contributed by atoms with Gasteiger partial charge >= 0.3 is 6.09 Å². The molecule has 126 valence electrons. The zero-order chi connectivity index (χ0) is 16.5. The van der Waals surface area contributed by atoms with E-state index in [4.69, 9.17) is 9.47 Å². The van der Waals surface area contributed by atoms with Crippen molar-refractivity contribution in [3.05, 3.63) is 29.8 Å². The first-order valence-corrected chi connectivity index (χ1v) is 8.09. The molecule has 0 heterocycles. The maximum atomic E-state index is 12.1. The topological polar surface area (TPSA) is 76.7 Å². The van der Waals surface area contributed by atoms with E-state index in [9.17, 15) is 9.59 Å². The van der Waals surface area contributed by atoms with Gasteiger partial charge in [-0.2, -0.15) is 0 Å². The van der Waals surface area contributed by atoms with Crippen LogP contribution in [-0.4, -0.2) is 38.4 Å². The number of ether oxygens (including phenoxy) is 2. The van der Waals surface area contributed by atoms with E-state index in [2.05, 4.69) is 10.6 Å². The van der Waals surface area contributed by atoms with Gasteiger partial charge in [-0.3, -0.25) is 10.1 Å². The number of nitrogens with one attached hydrogen (secondary N) is 2. The number of carbonyl (C=O) groups is 2. The molecular formula is C17H24N2O4. The molecule has 6 heteroatoms. The molecule has 0 saturated heterocycles. The van der Waals surface area contributed by atoms with Crippen LogP contribution < -0.4 is 10.6 Å². The van der Waals surface area contributed by atoms with Crippen LogP contribution in [0.3, 0.4) is 0 Å². The summed E-state index contributed by atoms with van der Waals surface area (Å²) >= 11 is 0. The number of anilines is 1. The summed E-state index contributed by atoms with van der Waals surface area (Å²) in [6.07, 6.45) is 2.83. The molecule has 0 aliphatic heterocycles. The summed E-state index contributed by atoms with van der Waals surface area (Å²) in [5.74, 6) is 0.596. The van der Waals surface area contributed by atoms with E-state index in [-0.39, 0.29) is 5.91 Å². The molecule has 1 fully saturated rings. The second kappa shape index (κ2) is 9.15. The predicted molar refractivity (Wildman–Crippen MR) is 87.6 cm³/mol. The van der Waals surface area contributed by atoms with Crippen LogP contribution in [0.2, 0.25) is 0 Å². The van der Waals surface area contributed by atoms with E-state index in [0.717, 1.165) is 18.9 Å². The van der Waals surface area contributed by atoms with Crippen LogP contribution in [0.4, 0.5) is 10.5 Å². The van der Waals surface area contributed by atoms with Crippen molar-refractivity contribution in [1.82, 2.24) is 5.32 Å². The van der Waals surface area contributed by atoms with Crippen LogP contribution in [0.5, 0.6) is 0 Å². The Bertz CT molecular complexity index is 529. The fourth-order valence-corrected chi connectivity index (χ4v) is 2.04. The van der Waals surface area contributed by atoms with Gasteiger partial charge in [-0.25, -0.2) is 4.79 Å². The highest BCUT2D eigenvalue weighted by Gasteiger charge is 2.20. The van der Waals surface area contributed by atoms with Crippen molar-refractivity contribution in [2.24, 2.45) is 5.92 Å². The van der Waals surface area contributed by atoms with E-state index in [1.54, 1.807) is 31.2 Å². The fraction of sp³-hybridized carbons (Fsp3) is 0.529. The molecule has 0 atom stereocenters. The monoisotopic (exact) mass is 320 g/mol. The van der Waals surface area contributed by atoms with Gasteiger partial charge in [0, 0.05) is 31.0 Å². The summed E-state index contributed by atoms with van der Waals surface area (Å²) in [5.41, 5.74) is 1.03. The SMILES string of the molecule is CCOC(=O)Nc1cccc(C(=O)NCCCOCC2CC2)c1. The minimum atomic E-state index is -0.530. The summed E-state index contributed by atoms with van der Waals surface area (Å²) in [7, 11) is 0. The number of hydrogen-bond donors (Lipinski definition) is 2. The van der Waals surface area contributed by atoms with E-state index < -0.39 is 6.09 Å². The minimum absolute atomic E-state index is 0.167. The van der Waals surface area contributed by atoms with Gasteiger partial charge in [-0.15, -0.1) is 0 Å². The smallest absolute Gasteiger partial charge is 0.411 e. The first-order chi connectivity index (χ1) is 11.2. The molecule has 0 unspecified atom stereocenters. The third-order valence-electron chi connectivity index (χ3n) is 3.45. The molecule has 0 spiro atoms. The zero-order valence-electron chi connectivity index (χ0n) is 13.5. The molecule has 1 aliphatic carbocycles. The summed E-state index contributed by atoms with van der Waals surface area (Å²) in [4.78, 5) is 23.4. The second-order valence-electron chi connectivity index (χ2n) is 5.55. The average Bonchev–Trinajstić information content (AvgIpc) is 3.35. The highest BCUT2D eigenvalue weighted by atomic mass is 16.5. The lowest BCUT2D eigenvalue weighted by atomic mass is 10.2. The van der Waals surface area contributed by atoms with Crippen LogP contribution in [0.15, 0.2) is 24.3 Å². The van der Waals surface area contributed by atoms with Crippen LogP contribution in [-0.2, 0) is 9.47 Å². The highest BCUT2D eigenvalue weighted by Crippen LogP contribution is 2.28. The Morgan fingerprint density at radius 1 is 1.30 bits per heavy atom. The van der Waals surface area contributed by atoms with Gasteiger partial charge in [-0.1, -0.05) is 6.07 Å². The van der Waals surface area contributed by atoms with Crippen molar-refractivity contribution < 1.29 is 19.1 Å². The van der Waals surface area contributed by atoms with E-state index in [1.807, 2.05) is 0 Å². The Kier molecular flexibility index (Phi) is 6.87. The van der Waals surface area contributed by atoms with Crippen LogP contribution in [0.1, 0.15) is 36.5 Å². The molecule has 6 nitrogen and oxygen atoms in total. The second-order valence-corrected chi connectivity index (χ2v) is 5.55. The van der Waals surface area contributed by atoms with Gasteiger partial charge < -0.3 is 14.8 Å². The maximum absolute atomic E-state index is 12.1. The third kappa shape index (κ3) is 6.69. The maximum Gasteiger partial charge on any atom is 0.411 e. The lowest BCUT2D eigenvalue weighted by Crippen LogP contribution is -2.25. The minimum Gasteiger partial charge on any atom is -0.450 e. The molecule has 23 heavy (non-hydrogen) atoms. The van der Waals surface area contributed by atoms with E-state index in [1.165, 1.54) is 12.8 Å². The Morgan fingerprint density at radius 2 is 2.13 bits per heavy atom. The van der Waals surface area contributed by atoms with Crippen LogP contribution in [0, 0.1) is 5.92 Å². The molecule has 0 bridgehead atoms. The van der Waals surface area contributed by atoms with Crippen LogP contribution >= 0.6 is 0 Å². The highest BCUT2D eigenvalue weighted by molar-refractivity contribution is 5.96. The summed E-state index contributed by atoms with van der Waals surface area (Å²) in [5, 5.41) is 5.42. The number of carbonyl (C=O) groups excluding carboxylic acids is 2. The van der Waals surface area contributed by atoms with Gasteiger partial charge in [0.1, 0.15) is 0 Å². The van der Waals surface area contributed by atoms with E-state index >= 15 is 0 Å². The van der Waals surface area contributed by atoms with Gasteiger partial charge in [0.2, 0.25) is 0 Å². The Morgan fingerprint density at radius 3 is 2.87 bits per heavy atom. The molecule has 1 aliphatic rings. The standard InChI is InChI=1S/C17H24N2O4/c1-2-23-17(21)19-15-6-3-5-14(11-15)16(20)18-9-4-10-22-12-13-7-8-13/h3,5-6,11,13H,2,4,7-10,12H2,1H3,(H,18,20)(H,19,21). The molecule has 2 N–H and O–H groups in total. The largest absolute Gasteiger partial charge is 0.450 e. The lowest BCUT2D eigenvalue weighted by molar-refractivity contribution is 0.0937. The summed E-state index contributed by atoms with van der Waals surface area (Å²) in [6, 6.07) is 6.75. The Hall–Kier alpha value is -2.08. The summed E-state index contributed by atoms with van der Waals surface area (Å²) in [6.45, 7) is 4.11.